The van der Waals surface area contributed by atoms with Gasteiger partial charge in [-0.25, -0.2) is 0 Å². The van der Waals surface area contributed by atoms with Crippen molar-refractivity contribution in [2.75, 3.05) is 7.05 Å². The van der Waals surface area contributed by atoms with Gasteiger partial charge in [0, 0.05) is 24.7 Å². The Balaban J connectivity index is 2.03. The lowest BCUT2D eigenvalue weighted by molar-refractivity contribution is 0.0647. The smallest absolute Gasteiger partial charge is 0.292 e. The second-order valence-corrected chi connectivity index (χ2v) is 4.82. The quantitative estimate of drug-likeness (QED) is 0.842. The molecule has 0 atom stereocenters. The lowest BCUT2D eigenvalue weighted by Crippen LogP contribution is -2.41. The maximum absolute atomic E-state index is 12.2. The Morgan fingerprint density at radius 1 is 1.47 bits per heavy atom. The van der Waals surface area contributed by atoms with E-state index in [4.69, 9.17) is 10.3 Å². The Morgan fingerprint density at radius 3 is 2.65 bits per heavy atom. The van der Waals surface area contributed by atoms with Crippen LogP contribution in [-0.4, -0.2) is 35.1 Å². The Morgan fingerprint density at radius 2 is 2.12 bits per heavy atom. The first-order chi connectivity index (χ1) is 8.09. The molecule has 1 aliphatic rings. The van der Waals surface area contributed by atoms with Crippen LogP contribution < -0.4 is 5.73 Å². The van der Waals surface area contributed by atoms with Gasteiger partial charge in [-0.05, 0) is 32.6 Å². The molecule has 1 fully saturated rings. The zero-order chi connectivity index (χ0) is 12.4. The third kappa shape index (κ3) is 2.49. The van der Waals surface area contributed by atoms with Crippen molar-refractivity contribution in [1.29, 1.82) is 0 Å². The molecule has 2 N–H and O–H groups in total. The van der Waals surface area contributed by atoms with Crippen molar-refractivity contribution in [2.24, 2.45) is 5.73 Å². The molecule has 0 aliphatic heterocycles. The lowest BCUT2D eigenvalue weighted by Gasteiger charge is -2.33. The topological polar surface area (TPSA) is 72.4 Å². The molecule has 5 heteroatoms. The van der Waals surface area contributed by atoms with Crippen molar-refractivity contribution < 1.29 is 9.32 Å². The average Bonchev–Trinajstić information content (AvgIpc) is 2.74. The summed E-state index contributed by atoms with van der Waals surface area (Å²) >= 11 is 0. The maximum Gasteiger partial charge on any atom is 0.292 e. The predicted octanol–water partition coefficient (Wildman–Crippen LogP) is 1.32. The second kappa shape index (κ2) is 4.87. The van der Waals surface area contributed by atoms with Gasteiger partial charge in [0.25, 0.3) is 5.91 Å². The van der Waals surface area contributed by atoms with Crippen LogP contribution in [0.4, 0.5) is 0 Å². The van der Waals surface area contributed by atoms with Crippen LogP contribution in [-0.2, 0) is 0 Å². The molecular formula is C12H19N3O2. The van der Waals surface area contributed by atoms with Crippen molar-refractivity contribution in [1.82, 2.24) is 10.1 Å². The second-order valence-electron chi connectivity index (χ2n) is 4.82. The van der Waals surface area contributed by atoms with Gasteiger partial charge in [0.05, 0.1) is 6.20 Å². The van der Waals surface area contributed by atoms with Gasteiger partial charge in [0.1, 0.15) is 0 Å². The molecular weight excluding hydrogens is 218 g/mol. The van der Waals surface area contributed by atoms with E-state index in [1.54, 1.807) is 11.1 Å². The fourth-order valence-electron chi connectivity index (χ4n) is 2.31. The minimum atomic E-state index is -0.0829. The summed E-state index contributed by atoms with van der Waals surface area (Å²) < 4.78 is 4.99. The summed E-state index contributed by atoms with van der Waals surface area (Å²) in [6.45, 7) is 1.83. The maximum atomic E-state index is 12.2. The monoisotopic (exact) mass is 237 g/mol. The van der Waals surface area contributed by atoms with Gasteiger partial charge in [-0.1, -0.05) is 5.16 Å². The molecule has 0 spiro atoms. The van der Waals surface area contributed by atoms with E-state index in [2.05, 4.69) is 5.16 Å². The molecule has 0 saturated heterocycles. The predicted molar refractivity (Wildman–Crippen MR) is 63.6 cm³/mol. The molecule has 0 bridgehead atoms. The molecule has 17 heavy (non-hydrogen) atoms. The van der Waals surface area contributed by atoms with Crippen molar-refractivity contribution in [3.8, 4) is 0 Å². The van der Waals surface area contributed by atoms with E-state index >= 15 is 0 Å². The molecule has 1 amide bonds. The first-order valence-corrected chi connectivity index (χ1v) is 6.03. The van der Waals surface area contributed by atoms with Crippen molar-refractivity contribution in [3.63, 3.8) is 0 Å². The number of hydrogen-bond acceptors (Lipinski definition) is 4. The number of rotatable bonds is 2. The zero-order valence-electron chi connectivity index (χ0n) is 10.3. The van der Waals surface area contributed by atoms with Crippen LogP contribution >= 0.6 is 0 Å². The Labute approximate surface area is 101 Å². The van der Waals surface area contributed by atoms with Crippen LogP contribution in [0.15, 0.2) is 10.7 Å². The van der Waals surface area contributed by atoms with E-state index in [0.29, 0.717) is 11.8 Å². The van der Waals surface area contributed by atoms with Gasteiger partial charge in [0.15, 0.2) is 0 Å². The van der Waals surface area contributed by atoms with Crippen molar-refractivity contribution >= 4 is 5.91 Å². The fourth-order valence-corrected chi connectivity index (χ4v) is 2.31. The zero-order valence-corrected chi connectivity index (χ0v) is 10.3. The SMILES string of the molecule is Cc1cnoc1C(=O)N(C)C1CCC(N)CC1. The third-order valence-electron chi connectivity index (χ3n) is 3.55. The summed E-state index contributed by atoms with van der Waals surface area (Å²) in [5, 5.41) is 3.64. The van der Waals surface area contributed by atoms with E-state index in [-0.39, 0.29) is 11.9 Å². The molecule has 1 aromatic heterocycles. The molecule has 0 radical (unpaired) electrons. The average molecular weight is 237 g/mol. The molecule has 0 aromatic carbocycles. The van der Waals surface area contributed by atoms with Crippen LogP contribution in [0, 0.1) is 6.92 Å². The number of aryl methyl sites for hydroxylation is 1. The minimum absolute atomic E-state index is 0.0829. The van der Waals surface area contributed by atoms with E-state index in [1.165, 1.54) is 0 Å². The third-order valence-corrected chi connectivity index (χ3v) is 3.55. The van der Waals surface area contributed by atoms with Crippen LogP contribution in [0.25, 0.3) is 0 Å². The van der Waals surface area contributed by atoms with E-state index in [1.807, 2.05) is 14.0 Å². The molecule has 1 heterocycles. The first kappa shape index (κ1) is 12.1. The molecule has 0 unspecified atom stereocenters. The Hall–Kier alpha value is -1.36. The highest BCUT2D eigenvalue weighted by atomic mass is 16.5. The number of nitrogens with two attached hydrogens (primary N) is 1. The highest BCUT2D eigenvalue weighted by Crippen LogP contribution is 2.23. The Kier molecular flexibility index (Phi) is 3.47. The van der Waals surface area contributed by atoms with Gasteiger partial charge in [-0.3, -0.25) is 4.79 Å². The summed E-state index contributed by atoms with van der Waals surface area (Å²) in [6, 6.07) is 0.563. The van der Waals surface area contributed by atoms with Gasteiger partial charge >= 0.3 is 0 Å². The molecule has 1 saturated carbocycles. The standard InChI is InChI=1S/C12H19N3O2/c1-8-7-14-17-11(8)12(16)15(2)10-5-3-9(13)4-6-10/h7,9-10H,3-6,13H2,1-2H3. The van der Waals surface area contributed by atoms with Gasteiger partial charge in [-0.15, -0.1) is 0 Å². The number of amides is 1. The first-order valence-electron chi connectivity index (χ1n) is 6.03. The van der Waals surface area contributed by atoms with Gasteiger partial charge in [0.2, 0.25) is 5.76 Å². The summed E-state index contributed by atoms with van der Waals surface area (Å²) in [5.41, 5.74) is 6.65. The van der Waals surface area contributed by atoms with Gasteiger partial charge in [-0.2, -0.15) is 0 Å². The normalized spacial score (nSPS) is 24.6. The van der Waals surface area contributed by atoms with Crippen molar-refractivity contribution in [3.05, 3.63) is 17.5 Å². The molecule has 1 aliphatic carbocycles. The minimum Gasteiger partial charge on any atom is -0.351 e. The van der Waals surface area contributed by atoms with Crippen LogP contribution in [0.3, 0.4) is 0 Å². The van der Waals surface area contributed by atoms with E-state index < -0.39 is 0 Å². The fraction of sp³-hybridized carbons (Fsp3) is 0.667. The van der Waals surface area contributed by atoms with Gasteiger partial charge < -0.3 is 15.2 Å². The number of nitrogens with zero attached hydrogens (tertiary/aromatic N) is 2. The molecule has 2 rings (SSSR count). The van der Waals surface area contributed by atoms with Crippen LogP contribution in [0.5, 0.6) is 0 Å². The van der Waals surface area contributed by atoms with Crippen LogP contribution in [0.1, 0.15) is 41.8 Å². The van der Waals surface area contributed by atoms with Crippen molar-refractivity contribution in [2.45, 2.75) is 44.7 Å². The Bertz CT molecular complexity index is 394. The van der Waals surface area contributed by atoms with Crippen LogP contribution in [0.2, 0.25) is 0 Å². The number of aromatic nitrogens is 1. The lowest BCUT2D eigenvalue weighted by atomic mass is 9.91. The molecule has 1 aromatic rings. The van der Waals surface area contributed by atoms with E-state index in [9.17, 15) is 4.79 Å². The molecule has 94 valence electrons. The largest absolute Gasteiger partial charge is 0.351 e. The number of hydrogen-bond donors (Lipinski definition) is 1. The summed E-state index contributed by atoms with van der Waals surface area (Å²) in [4.78, 5) is 13.9. The van der Waals surface area contributed by atoms with E-state index in [0.717, 1.165) is 31.2 Å². The molecule has 5 nitrogen and oxygen atoms in total. The summed E-state index contributed by atoms with van der Waals surface area (Å²) in [6.07, 6.45) is 5.47. The summed E-state index contributed by atoms with van der Waals surface area (Å²) in [5.74, 6) is 0.267. The summed E-state index contributed by atoms with van der Waals surface area (Å²) in [7, 11) is 1.83. The highest BCUT2D eigenvalue weighted by molar-refractivity contribution is 5.92. The number of carbonyl (C=O) groups is 1. The number of carbonyl (C=O) groups excluding carboxylic acids is 1. The highest BCUT2D eigenvalue weighted by Gasteiger charge is 2.28.